The first kappa shape index (κ1) is 18.3. The number of nitrogens with one attached hydrogen (secondary N) is 1. The molecule has 0 aromatic carbocycles. The summed E-state index contributed by atoms with van der Waals surface area (Å²) in [4.78, 5) is 33.8. The van der Waals surface area contributed by atoms with Crippen molar-refractivity contribution < 1.29 is 14.3 Å². The lowest BCUT2D eigenvalue weighted by Crippen LogP contribution is -2.48. The van der Waals surface area contributed by atoms with Crippen LogP contribution in [0.2, 0.25) is 0 Å². The van der Waals surface area contributed by atoms with E-state index in [4.69, 9.17) is 4.74 Å². The van der Waals surface area contributed by atoms with E-state index >= 15 is 0 Å². The van der Waals surface area contributed by atoms with Crippen molar-refractivity contribution in [3.63, 3.8) is 0 Å². The minimum Gasteiger partial charge on any atom is -0.465 e. The zero-order chi connectivity index (χ0) is 18.5. The van der Waals surface area contributed by atoms with Gasteiger partial charge in [0.15, 0.2) is 0 Å². The number of hydrogen-bond acceptors (Lipinski definition) is 7. The van der Waals surface area contributed by atoms with Crippen LogP contribution in [0.15, 0.2) is 30.5 Å². The number of aromatic nitrogens is 1. The third kappa shape index (κ3) is 4.39. The number of carbonyl (C=O) groups is 2. The molecule has 0 aliphatic carbocycles. The SMILES string of the molecule is COC(=O)c1cc(C)sc1NC(=O)CN1CCN(c2ccccn2)CC1. The predicted octanol–water partition coefficient (Wildman–Crippen LogP) is 2.00. The lowest BCUT2D eigenvalue weighted by molar-refractivity contribution is -0.117. The van der Waals surface area contributed by atoms with E-state index in [0.29, 0.717) is 17.1 Å². The zero-order valence-corrected chi connectivity index (χ0v) is 15.7. The van der Waals surface area contributed by atoms with Crippen LogP contribution in [0.3, 0.4) is 0 Å². The maximum Gasteiger partial charge on any atom is 0.340 e. The van der Waals surface area contributed by atoms with Gasteiger partial charge in [-0.05, 0) is 25.1 Å². The predicted molar refractivity (Wildman–Crippen MR) is 102 cm³/mol. The summed E-state index contributed by atoms with van der Waals surface area (Å²) in [5.74, 6) is 0.408. The second kappa shape index (κ2) is 8.29. The van der Waals surface area contributed by atoms with E-state index in [1.54, 1.807) is 12.3 Å². The van der Waals surface area contributed by atoms with E-state index in [-0.39, 0.29) is 5.91 Å². The molecule has 3 heterocycles. The quantitative estimate of drug-likeness (QED) is 0.807. The molecule has 0 saturated carbocycles. The van der Waals surface area contributed by atoms with Gasteiger partial charge in [0.2, 0.25) is 5.91 Å². The highest BCUT2D eigenvalue weighted by molar-refractivity contribution is 7.16. The van der Waals surface area contributed by atoms with Gasteiger partial charge in [-0.15, -0.1) is 11.3 Å². The van der Waals surface area contributed by atoms with Crippen molar-refractivity contribution in [2.45, 2.75) is 6.92 Å². The van der Waals surface area contributed by atoms with Crippen LogP contribution in [0.4, 0.5) is 10.8 Å². The highest BCUT2D eigenvalue weighted by Crippen LogP contribution is 2.28. The minimum atomic E-state index is -0.436. The molecule has 1 saturated heterocycles. The molecule has 2 aromatic heterocycles. The molecule has 0 spiro atoms. The first-order valence-corrected chi connectivity index (χ1v) is 9.25. The first-order chi connectivity index (χ1) is 12.6. The Balaban J connectivity index is 1.53. The number of esters is 1. The molecule has 1 amide bonds. The number of rotatable bonds is 5. The number of pyridine rings is 1. The standard InChI is InChI=1S/C18H22N4O3S/c1-13-11-14(18(24)25-2)17(26-13)20-16(23)12-21-7-9-22(10-8-21)15-5-3-4-6-19-15/h3-6,11H,7-10,12H2,1-2H3,(H,20,23). The summed E-state index contributed by atoms with van der Waals surface area (Å²) in [6, 6.07) is 7.61. The van der Waals surface area contributed by atoms with Crippen LogP contribution in [-0.4, -0.2) is 61.6 Å². The fourth-order valence-corrected chi connectivity index (χ4v) is 3.83. The molecule has 26 heavy (non-hydrogen) atoms. The van der Waals surface area contributed by atoms with Crippen molar-refractivity contribution in [2.24, 2.45) is 0 Å². The van der Waals surface area contributed by atoms with E-state index in [0.717, 1.165) is 36.9 Å². The number of amides is 1. The summed E-state index contributed by atoms with van der Waals surface area (Å²) in [7, 11) is 1.34. The van der Waals surface area contributed by atoms with E-state index < -0.39 is 5.97 Å². The number of carbonyl (C=O) groups excluding carboxylic acids is 2. The molecule has 2 aromatic rings. The second-order valence-electron chi connectivity index (χ2n) is 6.09. The average molecular weight is 374 g/mol. The molecule has 0 atom stereocenters. The number of piperazine rings is 1. The summed E-state index contributed by atoms with van der Waals surface area (Å²) >= 11 is 1.38. The number of aryl methyl sites for hydroxylation is 1. The number of hydrogen-bond donors (Lipinski definition) is 1. The maximum atomic E-state index is 12.4. The number of methoxy groups -OCH3 is 1. The molecule has 3 rings (SSSR count). The fraction of sp³-hybridized carbons (Fsp3) is 0.389. The summed E-state index contributed by atoms with van der Waals surface area (Å²) in [5.41, 5.74) is 0.406. The maximum absolute atomic E-state index is 12.4. The van der Waals surface area contributed by atoms with Gasteiger partial charge < -0.3 is 15.0 Å². The van der Waals surface area contributed by atoms with Crippen molar-refractivity contribution >= 4 is 34.0 Å². The van der Waals surface area contributed by atoms with E-state index in [1.807, 2.05) is 25.1 Å². The molecule has 0 bridgehead atoms. The van der Waals surface area contributed by atoms with Gasteiger partial charge in [-0.1, -0.05) is 6.07 Å². The van der Waals surface area contributed by atoms with Gasteiger partial charge in [0, 0.05) is 37.3 Å². The Hall–Kier alpha value is -2.45. The van der Waals surface area contributed by atoms with Gasteiger partial charge in [0.05, 0.1) is 19.2 Å². The number of nitrogens with zero attached hydrogens (tertiary/aromatic N) is 3. The van der Waals surface area contributed by atoms with Crippen LogP contribution in [0.25, 0.3) is 0 Å². The second-order valence-corrected chi connectivity index (χ2v) is 7.35. The fourth-order valence-electron chi connectivity index (χ4n) is 2.91. The molecular weight excluding hydrogens is 352 g/mol. The van der Waals surface area contributed by atoms with Gasteiger partial charge in [-0.3, -0.25) is 9.69 Å². The minimum absolute atomic E-state index is 0.122. The smallest absolute Gasteiger partial charge is 0.340 e. The highest BCUT2D eigenvalue weighted by Gasteiger charge is 2.22. The topological polar surface area (TPSA) is 74.8 Å². The van der Waals surface area contributed by atoms with Crippen LogP contribution in [0.5, 0.6) is 0 Å². The molecule has 1 fully saturated rings. The molecule has 0 radical (unpaired) electrons. The Labute approximate surface area is 156 Å². The van der Waals surface area contributed by atoms with Gasteiger partial charge in [0.1, 0.15) is 10.8 Å². The van der Waals surface area contributed by atoms with Crippen LogP contribution < -0.4 is 10.2 Å². The van der Waals surface area contributed by atoms with Gasteiger partial charge >= 0.3 is 5.97 Å². The molecule has 7 nitrogen and oxygen atoms in total. The Morgan fingerprint density at radius 2 is 2.04 bits per heavy atom. The highest BCUT2D eigenvalue weighted by atomic mass is 32.1. The van der Waals surface area contributed by atoms with Crippen molar-refractivity contribution in [3.8, 4) is 0 Å². The van der Waals surface area contributed by atoms with Gasteiger partial charge in [-0.25, -0.2) is 9.78 Å². The number of anilines is 2. The third-order valence-electron chi connectivity index (χ3n) is 4.23. The Bertz CT molecular complexity index is 770. The van der Waals surface area contributed by atoms with Crippen molar-refractivity contribution in [1.82, 2.24) is 9.88 Å². The van der Waals surface area contributed by atoms with Crippen LogP contribution in [0, 0.1) is 6.92 Å². The summed E-state index contributed by atoms with van der Waals surface area (Å²) in [5, 5.41) is 3.40. The van der Waals surface area contributed by atoms with Crippen LogP contribution >= 0.6 is 11.3 Å². The molecule has 0 unspecified atom stereocenters. The van der Waals surface area contributed by atoms with E-state index in [2.05, 4.69) is 20.1 Å². The lowest BCUT2D eigenvalue weighted by Gasteiger charge is -2.34. The molecule has 8 heteroatoms. The molecule has 1 aliphatic heterocycles. The normalized spacial score (nSPS) is 14.9. The van der Waals surface area contributed by atoms with E-state index in [1.165, 1.54) is 18.4 Å². The van der Waals surface area contributed by atoms with Crippen LogP contribution in [0.1, 0.15) is 15.2 Å². The molecule has 1 aliphatic rings. The monoisotopic (exact) mass is 374 g/mol. The van der Waals surface area contributed by atoms with Crippen LogP contribution in [-0.2, 0) is 9.53 Å². The zero-order valence-electron chi connectivity index (χ0n) is 14.9. The average Bonchev–Trinajstić information content (AvgIpc) is 3.02. The summed E-state index contributed by atoms with van der Waals surface area (Å²) in [6.07, 6.45) is 1.79. The lowest BCUT2D eigenvalue weighted by atomic mass is 10.3. The summed E-state index contributed by atoms with van der Waals surface area (Å²) in [6.45, 7) is 5.43. The molecule has 138 valence electrons. The van der Waals surface area contributed by atoms with Gasteiger partial charge in [0.25, 0.3) is 0 Å². The Morgan fingerprint density at radius 1 is 1.27 bits per heavy atom. The number of thiophene rings is 1. The Morgan fingerprint density at radius 3 is 2.69 bits per heavy atom. The Kier molecular flexibility index (Phi) is 5.85. The van der Waals surface area contributed by atoms with Crippen molar-refractivity contribution in [1.29, 1.82) is 0 Å². The largest absolute Gasteiger partial charge is 0.465 e. The van der Waals surface area contributed by atoms with Crippen molar-refractivity contribution in [2.75, 3.05) is 50.1 Å². The van der Waals surface area contributed by atoms with E-state index in [9.17, 15) is 9.59 Å². The third-order valence-corrected chi connectivity index (χ3v) is 5.19. The number of ether oxygens (including phenoxy) is 1. The first-order valence-electron chi connectivity index (χ1n) is 8.43. The van der Waals surface area contributed by atoms with Crippen molar-refractivity contribution in [3.05, 3.63) is 40.9 Å². The summed E-state index contributed by atoms with van der Waals surface area (Å²) < 4.78 is 4.77. The molecular formula is C18H22N4O3S. The van der Waals surface area contributed by atoms with Gasteiger partial charge in [-0.2, -0.15) is 0 Å². The molecule has 1 N–H and O–H groups in total.